The van der Waals surface area contributed by atoms with Gasteiger partial charge in [0.1, 0.15) is 0 Å². The van der Waals surface area contributed by atoms with Crippen LogP contribution in [0.1, 0.15) is 11.1 Å². The van der Waals surface area contributed by atoms with Crippen LogP contribution in [0.5, 0.6) is 0 Å². The van der Waals surface area contributed by atoms with Crippen molar-refractivity contribution in [2.45, 2.75) is 24.4 Å². The number of amides is 3. The van der Waals surface area contributed by atoms with Crippen LogP contribution in [0.3, 0.4) is 0 Å². The average Bonchev–Trinajstić information content (AvgIpc) is 3.15. The highest BCUT2D eigenvalue weighted by Crippen LogP contribution is 2.30. The molecule has 0 spiro atoms. The molecule has 4 rings (SSSR count). The number of nitrogens with one attached hydrogen (secondary N) is 1. The van der Waals surface area contributed by atoms with E-state index in [1.807, 2.05) is 35.2 Å². The minimum Gasteiger partial charge on any atom is -0.335 e. The maximum Gasteiger partial charge on any atom is 0.325 e. The molecule has 1 saturated heterocycles. The zero-order chi connectivity index (χ0) is 22.0. The molecule has 10 heteroatoms. The van der Waals surface area contributed by atoms with Gasteiger partial charge in [-0.2, -0.15) is 0 Å². The second kappa shape index (κ2) is 8.76. The van der Waals surface area contributed by atoms with Crippen LogP contribution >= 0.6 is 11.8 Å². The first-order chi connectivity index (χ1) is 14.9. The number of hydrogen-bond acceptors (Lipinski definition) is 7. The van der Waals surface area contributed by atoms with Crippen molar-refractivity contribution in [1.82, 2.24) is 15.1 Å². The number of carbonyl (C=O) groups excluding carboxylic acids is 2. The first-order valence-electron chi connectivity index (χ1n) is 9.76. The molecule has 1 N–H and O–H groups in total. The molecule has 0 aliphatic carbocycles. The molecule has 2 aromatic carbocycles. The van der Waals surface area contributed by atoms with Crippen molar-refractivity contribution < 1.29 is 14.5 Å². The van der Waals surface area contributed by atoms with E-state index in [1.165, 1.54) is 28.8 Å². The Kier molecular flexibility index (Phi) is 5.90. The summed E-state index contributed by atoms with van der Waals surface area (Å²) in [6.07, 6.45) is 0.155. The second-order valence-electron chi connectivity index (χ2n) is 7.32. The molecule has 0 saturated carbocycles. The molecule has 1 fully saturated rings. The number of rotatable bonds is 6. The number of urea groups is 1. The van der Waals surface area contributed by atoms with Crippen LogP contribution in [0.4, 0.5) is 10.5 Å². The number of aliphatic imine (C=N–C) groups is 1. The lowest BCUT2D eigenvalue weighted by atomic mass is 10.1. The Morgan fingerprint density at radius 2 is 1.81 bits per heavy atom. The molecule has 2 atom stereocenters. The van der Waals surface area contributed by atoms with E-state index < -0.39 is 23.2 Å². The summed E-state index contributed by atoms with van der Waals surface area (Å²) in [7, 11) is 1.63. The summed E-state index contributed by atoms with van der Waals surface area (Å²) in [6.45, 7) is 0.576. The predicted octanol–water partition coefficient (Wildman–Crippen LogP) is 2.62. The van der Waals surface area contributed by atoms with Crippen LogP contribution in [-0.4, -0.2) is 57.6 Å². The Balaban J connectivity index is 1.52. The highest BCUT2D eigenvalue weighted by atomic mass is 32.2. The summed E-state index contributed by atoms with van der Waals surface area (Å²) >= 11 is 1.45. The van der Waals surface area contributed by atoms with Crippen molar-refractivity contribution in [1.29, 1.82) is 0 Å². The molecular formula is C21H21N5O4S. The smallest absolute Gasteiger partial charge is 0.325 e. The van der Waals surface area contributed by atoms with Crippen LogP contribution in [0.15, 0.2) is 59.6 Å². The standard InChI is InChI=1S/C21H21N5O4S/c1-24-18-17(19(27)23-20(24)28)25(12-11-14-5-3-2-4-6-14)21(22-18)31-13-15-7-9-16(10-8-15)26(29)30/h2-10,17-18H,11-13H2,1H3,(H,23,27,28). The van der Waals surface area contributed by atoms with Crippen LogP contribution in [0.25, 0.3) is 0 Å². The van der Waals surface area contributed by atoms with Gasteiger partial charge in [-0.1, -0.05) is 54.2 Å². The number of benzene rings is 2. The molecule has 3 amide bonds. The van der Waals surface area contributed by atoms with Gasteiger partial charge >= 0.3 is 6.03 Å². The van der Waals surface area contributed by atoms with E-state index in [1.54, 1.807) is 19.2 Å². The molecular weight excluding hydrogens is 418 g/mol. The number of thioether (sulfide) groups is 1. The third-order valence-electron chi connectivity index (χ3n) is 5.32. The zero-order valence-corrected chi connectivity index (χ0v) is 17.6. The first-order valence-corrected chi connectivity index (χ1v) is 10.7. The molecule has 0 aromatic heterocycles. The lowest BCUT2D eigenvalue weighted by molar-refractivity contribution is -0.384. The van der Waals surface area contributed by atoms with E-state index in [9.17, 15) is 19.7 Å². The SMILES string of the molecule is CN1C(=O)NC(=O)C2C1N=C(SCc1ccc([N+](=O)[O-])cc1)N2CCc1ccccc1. The van der Waals surface area contributed by atoms with Crippen LogP contribution in [-0.2, 0) is 17.0 Å². The number of amidine groups is 1. The Labute approximate surface area is 183 Å². The van der Waals surface area contributed by atoms with E-state index in [0.717, 1.165) is 17.5 Å². The van der Waals surface area contributed by atoms with Gasteiger partial charge in [0.05, 0.1) is 4.92 Å². The molecule has 2 aliphatic heterocycles. The Bertz CT molecular complexity index is 1030. The molecule has 0 bridgehead atoms. The number of nitro benzene ring substituents is 1. The normalized spacial score (nSPS) is 20.4. The van der Waals surface area contributed by atoms with E-state index in [-0.39, 0.29) is 11.6 Å². The highest BCUT2D eigenvalue weighted by molar-refractivity contribution is 8.13. The number of fused-ring (bicyclic) bond motifs is 1. The number of nitrogens with zero attached hydrogens (tertiary/aromatic N) is 4. The number of nitro groups is 1. The maximum absolute atomic E-state index is 12.6. The molecule has 31 heavy (non-hydrogen) atoms. The zero-order valence-electron chi connectivity index (χ0n) is 16.8. The number of likely N-dealkylation sites (N-methyl/N-ethyl adjacent to an activating group) is 1. The molecule has 2 aromatic rings. The van der Waals surface area contributed by atoms with Crippen molar-refractivity contribution in [2.24, 2.45) is 4.99 Å². The van der Waals surface area contributed by atoms with Crippen molar-refractivity contribution in [2.75, 3.05) is 13.6 Å². The van der Waals surface area contributed by atoms with Crippen LogP contribution in [0, 0.1) is 10.1 Å². The minimum absolute atomic E-state index is 0.0410. The summed E-state index contributed by atoms with van der Waals surface area (Å²) in [5.41, 5.74) is 2.09. The average molecular weight is 439 g/mol. The monoisotopic (exact) mass is 439 g/mol. The van der Waals surface area contributed by atoms with Crippen LogP contribution in [0.2, 0.25) is 0 Å². The molecule has 2 heterocycles. The molecule has 9 nitrogen and oxygen atoms in total. The van der Waals surface area contributed by atoms with Gasteiger partial charge in [-0.15, -0.1) is 0 Å². The van der Waals surface area contributed by atoms with E-state index in [4.69, 9.17) is 0 Å². The highest BCUT2D eigenvalue weighted by Gasteiger charge is 2.48. The summed E-state index contributed by atoms with van der Waals surface area (Å²) < 4.78 is 0. The van der Waals surface area contributed by atoms with Crippen molar-refractivity contribution >= 4 is 34.6 Å². The molecule has 2 aliphatic rings. The van der Waals surface area contributed by atoms with Gasteiger partial charge < -0.3 is 9.80 Å². The summed E-state index contributed by atoms with van der Waals surface area (Å²) in [4.78, 5) is 43.2. The van der Waals surface area contributed by atoms with Gasteiger partial charge in [-0.25, -0.2) is 9.79 Å². The predicted molar refractivity (Wildman–Crippen MR) is 118 cm³/mol. The van der Waals surface area contributed by atoms with Crippen molar-refractivity contribution in [3.8, 4) is 0 Å². The largest absolute Gasteiger partial charge is 0.335 e. The van der Waals surface area contributed by atoms with Crippen LogP contribution < -0.4 is 5.32 Å². The Morgan fingerprint density at radius 1 is 1.10 bits per heavy atom. The number of non-ortho nitro benzene ring substituents is 1. The fraction of sp³-hybridized carbons (Fsp3) is 0.286. The lowest BCUT2D eigenvalue weighted by Crippen LogP contribution is -2.63. The molecule has 160 valence electrons. The molecule has 0 radical (unpaired) electrons. The number of imide groups is 1. The number of hydrogen-bond donors (Lipinski definition) is 1. The summed E-state index contributed by atoms with van der Waals surface area (Å²) in [5.74, 6) is 0.188. The summed E-state index contributed by atoms with van der Waals surface area (Å²) in [6, 6.07) is 15.3. The Morgan fingerprint density at radius 3 is 2.48 bits per heavy atom. The molecule has 2 unspecified atom stereocenters. The van der Waals surface area contributed by atoms with E-state index in [2.05, 4.69) is 10.3 Å². The quantitative estimate of drug-likeness (QED) is 0.548. The fourth-order valence-electron chi connectivity index (χ4n) is 3.61. The minimum atomic E-state index is -0.578. The van der Waals surface area contributed by atoms with Gasteiger partial charge in [0.25, 0.3) is 11.6 Å². The van der Waals surface area contributed by atoms with Crippen molar-refractivity contribution in [3.05, 3.63) is 75.8 Å². The maximum atomic E-state index is 12.6. The van der Waals surface area contributed by atoms with Gasteiger partial charge in [-0.3, -0.25) is 20.2 Å². The topological polar surface area (TPSA) is 108 Å². The second-order valence-corrected chi connectivity index (χ2v) is 8.26. The summed E-state index contributed by atoms with van der Waals surface area (Å²) in [5, 5.41) is 13.9. The third kappa shape index (κ3) is 4.38. The fourth-order valence-corrected chi connectivity index (χ4v) is 4.65. The lowest BCUT2D eigenvalue weighted by Gasteiger charge is -2.36. The Hall–Kier alpha value is -3.40. The van der Waals surface area contributed by atoms with E-state index >= 15 is 0 Å². The number of carbonyl (C=O) groups is 2. The van der Waals surface area contributed by atoms with E-state index in [0.29, 0.717) is 17.5 Å². The van der Waals surface area contributed by atoms with Gasteiger partial charge in [0.15, 0.2) is 17.4 Å². The van der Waals surface area contributed by atoms with Crippen molar-refractivity contribution in [3.63, 3.8) is 0 Å². The third-order valence-corrected chi connectivity index (χ3v) is 6.40. The van der Waals surface area contributed by atoms with Gasteiger partial charge in [0.2, 0.25) is 0 Å². The van der Waals surface area contributed by atoms with Gasteiger partial charge in [0, 0.05) is 31.5 Å². The van der Waals surface area contributed by atoms with Gasteiger partial charge in [-0.05, 0) is 17.5 Å². The first kappa shape index (κ1) is 20.9.